The van der Waals surface area contributed by atoms with Crippen molar-refractivity contribution in [1.82, 2.24) is 10.2 Å². The van der Waals surface area contributed by atoms with Gasteiger partial charge in [-0.3, -0.25) is 4.90 Å². The van der Waals surface area contributed by atoms with Gasteiger partial charge in [0.15, 0.2) is 0 Å². The molecule has 100 valence electrons. The first kappa shape index (κ1) is 12.6. The molecule has 2 fully saturated rings. The van der Waals surface area contributed by atoms with Gasteiger partial charge in [-0.25, -0.2) is 0 Å². The molecule has 0 spiro atoms. The van der Waals surface area contributed by atoms with Gasteiger partial charge in [-0.1, -0.05) is 6.07 Å². The SMILES string of the molecule is CC1CN(CCc2cccs2)C(C)(C2CC2)CN1. The maximum Gasteiger partial charge on any atom is 0.0334 e. The molecule has 0 bridgehead atoms. The molecule has 2 atom stereocenters. The largest absolute Gasteiger partial charge is 0.311 e. The second-order valence-electron chi connectivity index (χ2n) is 6.19. The molecule has 1 aliphatic carbocycles. The molecule has 3 heteroatoms. The zero-order valence-corrected chi connectivity index (χ0v) is 12.3. The third-order valence-electron chi connectivity index (χ3n) is 4.69. The van der Waals surface area contributed by atoms with Crippen LogP contribution in [0.3, 0.4) is 0 Å². The standard InChI is InChI=1S/C15H24N2S/c1-12-10-17(8-7-14-4-3-9-18-14)15(2,11-16-12)13-5-6-13/h3-4,9,12-13,16H,5-8,10-11H2,1-2H3. The average molecular weight is 264 g/mol. The molecule has 0 amide bonds. The summed E-state index contributed by atoms with van der Waals surface area (Å²) >= 11 is 1.89. The van der Waals surface area contributed by atoms with E-state index in [1.165, 1.54) is 43.8 Å². The van der Waals surface area contributed by atoms with E-state index < -0.39 is 0 Å². The molecular formula is C15H24N2S. The second kappa shape index (κ2) is 4.95. The zero-order chi connectivity index (χ0) is 12.6. The first-order valence-electron chi connectivity index (χ1n) is 7.19. The minimum Gasteiger partial charge on any atom is -0.311 e. The van der Waals surface area contributed by atoms with Gasteiger partial charge in [-0.05, 0) is 50.5 Å². The quantitative estimate of drug-likeness (QED) is 0.899. The Kier molecular flexibility index (Phi) is 3.48. The first-order chi connectivity index (χ1) is 8.68. The van der Waals surface area contributed by atoms with Crippen molar-refractivity contribution >= 4 is 11.3 Å². The van der Waals surface area contributed by atoms with E-state index in [1.54, 1.807) is 0 Å². The Labute approximate surface area is 114 Å². The maximum atomic E-state index is 3.68. The summed E-state index contributed by atoms with van der Waals surface area (Å²) in [5.74, 6) is 0.931. The molecule has 1 N–H and O–H groups in total. The van der Waals surface area contributed by atoms with Crippen LogP contribution in [0.1, 0.15) is 31.6 Å². The fourth-order valence-electron chi connectivity index (χ4n) is 3.25. The van der Waals surface area contributed by atoms with Gasteiger partial charge >= 0.3 is 0 Å². The Balaban J connectivity index is 1.66. The van der Waals surface area contributed by atoms with Crippen LogP contribution in [0, 0.1) is 5.92 Å². The lowest BCUT2D eigenvalue weighted by atomic mass is 9.89. The number of rotatable bonds is 4. The van der Waals surface area contributed by atoms with Crippen LogP contribution in [-0.2, 0) is 6.42 Å². The number of thiophene rings is 1. The van der Waals surface area contributed by atoms with Crippen molar-refractivity contribution in [2.45, 2.75) is 44.7 Å². The third kappa shape index (κ3) is 2.49. The Morgan fingerprint density at radius 1 is 1.50 bits per heavy atom. The summed E-state index contributed by atoms with van der Waals surface area (Å²) in [5, 5.41) is 5.87. The van der Waals surface area contributed by atoms with E-state index in [-0.39, 0.29) is 0 Å². The normalized spacial score (nSPS) is 33.8. The maximum absolute atomic E-state index is 3.68. The van der Waals surface area contributed by atoms with Gasteiger partial charge < -0.3 is 5.32 Å². The van der Waals surface area contributed by atoms with Crippen molar-refractivity contribution in [2.24, 2.45) is 5.92 Å². The lowest BCUT2D eigenvalue weighted by Crippen LogP contribution is -2.64. The molecule has 1 aromatic heterocycles. The predicted molar refractivity (Wildman–Crippen MR) is 78.2 cm³/mol. The minimum atomic E-state index is 0.407. The Hall–Kier alpha value is -0.380. The summed E-state index contributed by atoms with van der Waals surface area (Å²) in [6, 6.07) is 5.07. The number of nitrogens with one attached hydrogen (secondary N) is 1. The van der Waals surface area contributed by atoms with Crippen molar-refractivity contribution in [1.29, 1.82) is 0 Å². The van der Waals surface area contributed by atoms with E-state index in [0.717, 1.165) is 5.92 Å². The number of hydrogen-bond donors (Lipinski definition) is 1. The van der Waals surface area contributed by atoms with E-state index in [4.69, 9.17) is 0 Å². The number of nitrogens with zero attached hydrogens (tertiary/aromatic N) is 1. The van der Waals surface area contributed by atoms with E-state index in [9.17, 15) is 0 Å². The van der Waals surface area contributed by atoms with Crippen LogP contribution >= 0.6 is 11.3 Å². The molecule has 2 aliphatic rings. The van der Waals surface area contributed by atoms with E-state index in [0.29, 0.717) is 11.6 Å². The van der Waals surface area contributed by atoms with Crippen molar-refractivity contribution in [3.05, 3.63) is 22.4 Å². The fraction of sp³-hybridized carbons (Fsp3) is 0.733. The van der Waals surface area contributed by atoms with Crippen LogP contribution in [0.2, 0.25) is 0 Å². The van der Waals surface area contributed by atoms with Crippen molar-refractivity contribution in [3.8, 4) is 0 Å². The first-order valence-corrected chi connectivity index (χ1v) is 8.07. The van der Waals surface area contributed by atoms with Crippen molar-refractivity contribution < 1.29 is 0 Å². The second-order valence-corrected chi connectivity index (χ2v) is 7.22. The van der Waals surface area contributed by atoms with Gasteiger partial charge in [-0.2, -0.15) is 0 Å². The molecule has 1 saturated heterocycles. The van der Waals surface area contributed by atoms with E-state index in [1.807, 2.05) is 11.3 Å². The summed E-state index contributed by atoms with van der Waals surface area (Å²) in [6.07, 6.45) is 4.08. The molecule has 1 saturated carbocycles. The highest BCUT2D eigenvalue weighted by atomic mass is 32.1. The molecule has 18 heavy (non-hydrogen) atoms. The fourth-order valence-corrected chi connectivity index (χ4v) is 3.95. The summed E-state index contributed by atoms with van der Waals surface area (Å²) in [5.41, 5.74) is 0.407. The highest BCUT2D eigenvalue weighted by Crippen LogP contribution is 2.43. The van der Waals surface area contributed by atoms with E-state index in [2.05, 4.69) is 41.6 Å². The van der Waals surface area contributed by atoms with Gasteiger partial charge in [0.2, 0.25) is 0 Å². The summed E-state index contributed by atoms with van der Waals surface area (Å²) in [7, 11) is 0. The molecule has 2 heterocycles. The number of piperazine rings is 1. The van der Waals surface area contributed by atoms with Crippen molar-refractivity contribution in [3.63, 3.8) is 0 Å². The van der Waals surface area contributed by atoms with Crippen LogP contribution in [0.5, 0.6) is 0 Å². The van der Waals surface area contributed by atoms with Crippen LogP contribution in [0.15, 0.2) is 17.5 Å². The predicted octanol–water partition coefficient (Wildman–Crippen LogP) is 2.75. The van der Waals surface area contributed by atoms with Gasteiger partial charge in [0.05, 0.1) is 0 Å². The van der Waals surface area contributed by atoms with Crippen LogP contribution in [-0.4, -0.2) is 36.1 Å². The summed E-state index contributed by atoms with van der Waals surface area (Å²) < 4.78 is 0. The monoisotopic (exact) mass is 264 g/mol. The summed E-state index contributed by atoms with van der Waals surface area (Å²) in [4.78, 5) is 4.28. The molecule has 0 aromatic carbocycles. The molecule has 1 aromatic rings. The highest BCUT2D eigenvalue weighted by molar-refractivity contribution is 7.09. The van der Waals surface area contributed by atoms with E-state index >= 15 is 0 Å². The summed E-state index contributed by atoms with van der Waals surface area (Å²) in [6.45, 7) is 8.38. The topological polar surface area (TPSA) is 15.3 Å². The molecule has 0 radical (unpaired) electrons. The number of hydrogen-bond acceptors (Lipinski definition) is 3. The highest BCUT2D eigenvalue weighted by Gasteiger charge is 2.47. The van der Waals surface area contributed by atoms with Crippen LogP contribution in [0.4, 0.5) is 0 Å². The van der Waals surface area contributed by atoms with Crippen LogP contribution < -0.4 is 5.32 Å². The smallest absolute Gasteiger partial charge is 0.0334 e. The molecule has 2 unspecified atom stereocenters. The Morgan fingerprint density at radius 3 is 3.00 bits per heavy atom. The van der Waals surface area contributed by atoms with Crippen molar-refractivity contribution in [2.75, 3.05) is 19.6 Å². The molecule has 2 nitrogen and oxygen atoms in total. The Morgan fingerprint density at radius 2 is 2.33 bits per heavy atom. The van der Waals surface area contributed by atoms with Crippen LogP contribution in [0.25, 0.3) is 0 Å². The minimum absolute atomic E-state index is 0.407. The van der Waals surface area contributed by atoms with Gasteiger partial charge in [-0.15, -0.1) is 11.3 Å². The molecular weight excluding hydrogens is 240 g/mol. The zero-order valence-electron chi connectivity index (χ0n) is 11.5. The average Bonchev–Trinajstić information content (AvgIpc) is 3.09. The lowest BCUT2D eigenvalue weighted by Gasteiger charge is -2.48. The third-order valence-corrected chi connectivity index (χ3v) is 5.63. The van der Waals surface area contributed by atoms with Gasteiger partial charge in [0.25, 0.3) is 0 Å². The molecule has 1 aliphatic heterocycles. The van der Waals surface area contributed by atoms with Gasteiger partial charge in [0.1, 0.15) is 0 Å². The molecule has 3 rings (SSSR count). The van der Waals surface area contributed by atoms with Gasteiger partial charge in [0, 0.05) is 36.1 Å². The lowest BCUT2D eigenvalue weighted by molar-refractivity contribution is 0.0396. The Bertz CT molecular complexity index is 385.